The Morgan fingerprint density at radius 2 is 2.00 bits per heavy atom. The molecule has 0 aliphatic carbocycles. The van der Waals surface area contributed by atoms with Crippen LogP contribution >= 0.6 is 0 Å². The molecule has 1 aromatic rings. The zero-order valence-corrected chi connectivity index (χ0v) is 10.4. The summed E-state index contributed by atoms with van der Waals surface area (Å²) in [6.45, 7) is 1.11. The summed E-state index contributed by atoms with van der Waals surface area (Å²) in [5.41, 5.74) is 0.867. The molecule has 0 saturated carbocycles. The average Bonchev–Trinajstić information content (AvgIpc) is 2.87. The van der Waals surface area contributed by atoms with Crippen molar-refractivity contribution in [1.29, 1.82) is 0 Å². The highest BCUT2D eigenvalue weighted by atomic mass is 19.4. The zero-order valence-electron chi connectivity index (χ0n) is 10.4. The van der Waals surface area contributed by atoms with E-state index in [1.807, 2.05) is 0 Å². The lowest BCUT2D eigenvalue weighted by Crippen LogP contribution is -2.19. The van der Waals surface area contributed by atoms with Gasteiger partial charge in [0.2, 0.25) is 0 Å². The molecule has 1 aliphatic rings. The van der Waals surface area contributed by atoms with Crippen molar-refractivity contribution < 1.29 is 22.6 Å². The lowest BCUT2D eigenvalue weighted by Gasteiger charge is -2.12. The number of ether oxygens (including phenoxy) is 2. The molecule has 0 amide bonds. The molecule has 1 aliphatic heterocycles. The zero-order chi connectivity index (χ0) is 13.7. The van der Waals surface area contributed by atoms with Crippen LogP contribution in [0.3, 0.4) is 0 Å². The van der Waals surface area contributed by atoms with Crippen molar-refractivity contribution in [1.82, 2.24) is 0 Å². The minimum Gasteiger partial charge on any atom is -0.484 e. The summed E-state index contributed by atoms with van der Waals surface area (Å²) in [6, 6.07) is 6.47. The smallest absolute Gasteiger partial charge is 0.422 e. The number of alkyl halides is 3. The van der Waals surface area contributed by atoms with Gasteiger partial charge in [-0.2, -0.15) is 13.2 Å². The van der Waals surface area contributed by atoms with E-state index in [4.69, 9.17) is 4.74 Å². The second-order valence-electron chi connectivity index (χ2n) is 4.54. The van der Waals surface area contributed by atoms with Crippen LogP contribution < -0.4 is 10.1 Å². The molecule has 2 rings (SSSR count). The molecule has 0 spiro atoms. The van der Waals surface area contributed by atoms with Gasteiger partial charge >= 0.3 is 6.18 Å². The van der Waals surface area contributed by atoms with Crippen LogP contribution in [0.15, 0.2) is 24.3 Å². The van der Waals surface area contributed by atoms with Crippen LogP contribution in [0, 0.1) is 5.92 Å². The van der Waals surface area contributed by atoms with Crippen molar-refractivity contribution in [2.24, 2.45) is 5.92 Å². The van der Waals surface area contributed by atoms with Gasteiger partial charge < -0.3 is 14.8 Å². The number of hydrogen-bond acceptors (Lipinski definition) is 3. The molecule has 0 aromatic heterocycles. The summed E-state index contributed by atoms with van der Waals surface area (Å²) < 4.78 is 45.8. The van der Waals surface area contributed by atoms with Gasteiger partial charge in [-0.05, 0) is 30.7 Å². The molecule has 1 unspecified atom stereocenters. The van der Waals surface area contributed by atoms with Crippen LogP contribution in [0.4, 0.5) is 18.9 Å². The van der Waals surface area contributed by atoms with Crippen LogP contribution in [0.2, 0.25) is 0 Å². The number of nitrogens with one attached hydrogen (secondary N) is 1. The van der Waals surface area contributed by atoms with Crippen LogP contribution in [-0.2, 0) is 4.74 Å². The van der Waals surface area contributed by atoms with Crippen molar-refractivity contribution >= 4 is 5.69 Å². The molecule has 6 heteroatoms. The first-order valence-electron chi connectivity index (χ1n) is 6.14. The Bertz CT molecular complexity index is 386. The van der Waals surface area contributed by atoms with Gasteiger partial charge in [0.1, 0.15) is 5.75 Å². The molecule has 1 heterocycles. The molecule has 106 valence electrons. The topological polar surface area (TPSA) is 30.5 Å². The average molecular weight is 275 g/mol. The third kappa shape index (κ3) is 4.98. The van der Waals surface area contributed by atoms with Crippen molar-refractivity contribution in [3.63, 3.8) is 0 Å². The molecule has 19 heavy (non-hydrogen) atoms. The van der Waals surface area contributed by atoms with E-state index in [-0.39, 0.29) is 5.75 Å². The summed E-state index contributed by atoms with van der Waals surface area (Å²) in [7, 11) is 0. The van der Waals surface area contributed by atoms with Crippen LogP contribution in [0.25, 0.3) is 0 Å². The van der Waals surface area contributed by atoms with Gasteiger partial charge in [0.25, 0.3) is 0 Å². The lowest BCUT2D eigenvalue weighted by molar-refractivity contribution is -0.153. The molecule has 1 N–H and O–H groups in total. The number of benzene rings is 1. The minimum absolute atomic E-state index is 0.215. The monoisotopic (exact) mass is 275 g/mol. The van der Waals surface area contributed by atoms with Crippen molar-refractivity contribution in [3.8, 4) is 5.75 Å². The van der Waals surface area contributed by atoms with E-state index in [1.165, 1.54) is 12.1 Å². The Labute approximate surface area is 109 Å². The van der Waals surface area contributed by atoms with Gasteiger partial charge in [-0.3, -0.25) is 0 Å². The van der Waals surface area contributed by atoms with Crippen molar-refractivity contribution in [2.45, 2.75) is 12.6 Å². The molecule has 1 atom stereocenters. The lowest BCUT2D eigenvalue weighted by atomic mass is 10.1. The predicted octanol–water partition coefficient (Wildman–Crippen LogP) is 3.08. The predicted molar refractivity (Wildman–Crippen MR) is 65.4 cm³/mol. The third-order valence-corrected chi connectivity index (χ3v) is 2.88. The maximum atomic E-state index is 12.0. The van der Waals surface area contributed by atoms with Gasteiger partial charge in [-0.15, -0.1) is 0 Å². The number of halogens is 3. The molecule has 0 radical (unpaired) electrons. The molecule has 1 aromatic carbocycles. The van der Waals surface area contributed by atoms with E-state index in [2.05, 4.69) is 10.1 Å². The van der Waals surface area contributed by atoms with Gasteiger partial charge in [0.15, 0.2) is 6.61 Å². The molecular formula is C13H16F3NO2. The highest BCUT2D eigenvalue weighted by Crippen LogP contribution is 2.21. The van der Waals surface area contributed by atoms with Crippen LogP contribution in [-0.4, -0.2) is 32.5 Å². The van der Waals surface area contributed by atoms with Crippen LogP contribution in [0.5, 0.6) is 5.75 Å². The fourth-order valence-electron chi connectivity index (χ4n) is 1.84. The summed E-state index contributed by atoms with van der Waals surface area (Å²) in [4.78, 5) is 0. The van der Waals surface area contributed by atoms with Crippen molar-refractivity contribution in [3.05, 3.63) is 24.3 Å². The summed E-state index contributed by atoms with van der Waals surface area (Å²) in [6.07, 6.45) is -3.26. The molecule has 3 nitrogen and oxygen atoms in total. The minimum atomic E-state index is -4.31. The van der Waals surface area contributed by atoms with E-state index >= 15 is 0 Å². The summed E-state index contributed by atoms with van der Waals surface area (Å²) >= 11 is 0. The van der Waals surface area contributed by atoms with E-state index in [0.29, 0.717) is 5.92 Å². The van der Waals surface area contributed by atoms with Gasteiger partial charge in [-0.1, -0.05) is 0 Å². The first-order valence-corrected chi connectivity index (χ1v) is 6.14. The van der Waals surface area contributed by atoms with E-state index in [9.17, 15) is 13.2 Å². The molecule has 0 bridgehead atoms. The van der Waals surface area contributed by atoms with Crippen LogP contribution in [0.1, 0.15) is 6.42 Å². The number of anilines is 1. The Balaban J connectivity index is 1.77. The van der Waals surface area contributed by atoms with Gasteiger partial charge in [0.05, 0.1) is 6.61 Å². The summed E-state index contributed by atoms with van der Waals surface area (Å²) in [5, 5.41) is 3.23. The standard InChI is InChI=1S/C13H16F3NO2/c14-13(15,16)9-19-12-3-1-11(2-4-12)17-7-10-5-6-18-8-10/h1-4,10,17H,5-9H2. The first kappa shape index (κ1) is 14.0. The Hall–Kier alpha value is -1.43. The molecule has 1 fully saturated rings. The normalized spacial score (nSPS) is 19.4. The quantitative estimate of drug-likeness (QED) is 0.895. The van der Waals surface area contributed by atoms with Crippen molar-refractivity contribution in [2.75, 3.05) is 31.7 Å². The fourth-order valence-corrected chi connectivity index (χ4v) is 1.84. The van der Waals surface area contributed by atoms with E-state index in [1.54, 1.807) is 12.1 Å². The van der Waals surface area contributed by atoms with E-state index < -0.39 is 12.8 Å². The Kier molecular flexibility index (Phi) is 4.52. The largest absolute Gasteiger partial charge is 0.484 e. The van der Waals surface area contributed by atoms with E-state index in [0.717, 1.165) is 31.9 Å². The first-order chi connectivity index (χ1) is 9.03. The van der Waals surface area contributed by atoms with Gasteiger partial charge in [0, 0.05) is 24.8 Å². The fraction of sp³-hybridized carbons (Fsp3) is 0.538. The second kappa shape index (κ2) is 6.14. The Morgan fingerprint density at radius 3 is 2.58 bits per heavy atom. The second-order valence-corrected chi connectivity index (χ2v) is 4.54. The molecule has 1 saturated heterocycles. The number of hydrogen-bond donors (Lipinski definition) is 1. The maximum absolute atomic E-state index is 12.0. The Morgan fingerprint density at radius 1 is 1.26 bits per heavy atom. The third-order valence-electron chi connectivity index (χ3n) is 2.88. The maximum Gasteiger partial charge on any atom is 0.422 e. The highest BCUT2D eigenvalue weighted by Gasteiger charge is 2.28. The summed E-state index contributed by atoms with van der Waals surface area (Å²) in [5.74, 6) is 0.716. The molecular weight excluding hydrogens is 259 g/mol. The SMILES string of the molecule is FC(F)(F)COc1ccc(NCC2CCOC2)cc1. The highest BCUT2D eigenvalue weighted by molar-refractivity contribution is 5.46. The number of rotatable bonds is 5. The van der Waals surface area contributed by atoms with Gasteiger partial charge in [-0.25, -0.2) is 0 Å².